The first-order chi connectivity index (χ1) is 6.66. The van der Waals surface area contributed by atoms with Gasteiger partial charge in [0.15, 0.2) is 15.5 Å². The van der Waals surface area contributed by atoms with E-state index in [9.17, 15) is 9.18 Å². The Morgan fingerprint density at radius 2 is 2.00 bits per heavy atom. The second-order valence-electron chi connectivity index (χ2n) is 5.17. The summed E-state index contributed by atoms with van der Waals surface area (Å²) >= 11 is 0.846. The van der Waals surface area contributed by atoms with Crippen molar-refractivity contribution in [2.45, 2.75) is 38.9 Å². The quantitative estimate of drug-likeness (QED) is 0.746. The average molecular weight is 245 g/mol. The van der Waals surface area contributed by atoms with Gasteiger partial charge in [0, 0.05) is 0 Å². The van der Waals surface area contributed by atoms with Crippen molar-refractivity contribution in [1.29, 1.82) is 0 Å². The van der Waals surface area contributed by atoms with Crippen LogP contribution in [0.3, 0.4) is 0 Å². The molecule has 0 aliphatic heterocycles. The van der Waals surface area contributed by atoms with E-state index in [0.29, 0.717) is 5.01 Å². The van der Waals surface area contributed by atoms with Crippen LogP contribution in [0.5, 0.6) is 0 Å². The molecule has 0 bridgehead atoms. The summed E-state index contributed by atoms with van der Waals surface area (Å²) in [6.07, 6.45) is 1.12. The zero-order valence-electron chi connectivity index (χ0n) is 9.72. The Labute approximate surface area is 94.6 Å². The second kappa shape index (κ2) is 3.79. The zero-order chi connectivity index (χ0) is 11.9. The lowest BCUT2D eigenvalue weighted by molar-refractivity contribution is 0.106. The number of nitrogens with zero attached hydrogens (tertiary/aromatic N) is 1. The lowest BCUT2D eigenvalue weighted by Crippen LogP contribution is -2.46. The van der Waals surface area contributed by atoms with Gasteiger partial charge in [-0.1, -0.05) is 45.2 Å². The minimum absolute atomic E-state index is 0.0355. The van der Waals surface area contributed by atoms with Crippen LogP contribution in [0.4, 0.5) is 4.39 Å². The van der Waals surface area contributed by atoms with Crippen LogP contribution in [0.15, 0.2) is 6.20 Å². The normalized spacial score (nSPS) is 12.9. The first kappa shape index (κ1) is 12.5. The fraction of sp³-hybridized carbons (Fsp3) is 0.600. The molecule has 0 aliphatic carbocycles. The van der Waals surface area contributed by atoms with E-state index < -0.39 is 13.2 Å². The number of hydrogen-bond donors (Lipinski definition) is 0. The van der Waals surface area contributed by atoms with Crippen LogP contribution in [0.1, 0.15) is 30.6 Å². The molecule has 0 amide bonds. The lowest BCUT2D eigenvalue weighted by Gasteiger charge is -2.34. The number of rotatable bonds is 2. The van der Waals surface area contributed by atoms with Gasteiger partial charge in [0.25, 0.3) is 0 Å². The Morgan fingerprint density at radius 1 is 1.47 bits per heavy atom. The molecule has 0 atom stereocenters. The predicted octanol–water partition coefficient (Wildman–Crippen LogP) is 3.51. The highest BCUT2D eigenvalue weighted by molar-refractivity contribution is 7.19. The molecule has 2 nitrogen and oxygen atoms in total. The van der Waals surface area contributed by atoms with Gasteiger partial charge in [-0.3, -0.25) is 4.79 Å². The minimum atomic E-state index is -2.09. The highest BCUT2D eigenvalue weighted by Gasteiger charge is 2.43. The highest BCUT2D eigenvalue weighted by Crippen LogP contribution is 2.38. The van der Waals surface area contributed by atoms with E-state index in [1.54, 1.807) is 0 Å². The van der Waals surface area contributed by atoms with E-state index in [-0.39, 0.29) is 10.4 Å². The predicted molar refractivity (Wildman–Crippen MR) is 63.6 cm³/mol. The van der Waals surface area contributed by atoms with Crippen LogP contribution in [-0.4, -0.2) is 18.5 Å². The van der Waals surface area contributed by atoms with Crippen LogP contribution in [0.2, 0.25) is 18.1 Å². The van der Waals surface area contributed by atoms with E-state index in [1.165, 1.54) is 0 Å². The number of halogens is 1. The molecular formula is C10H16FNOSSi. The van der Waals surface area contributed by atoms with Gasteiger partial charge >= 0.3 is 0 Å². The summed E-state index contributed by atoms with van der Waals surface area (Å²) in [6.45, 7) is 10.2. The molecule has 1 aromatic heterocycles. The number of aromatic nitrogens is 1. The Morgan fingerprint density at radius 3 is 2.33 bits per heavy atom. The lowest BCUT2D eigenvalue weighted by atomic mass is 10.2. The maximum absolute atomic E-state index is 12.8. The maximum atomic E-state index is 12.8. The van der Waals surface area contributed by atoms with Crippen LogP contribution in [-0.2, 0) is 0 Å². The fourth-order valence-corrected chi connectivity index (χ4v) is 3.65. The minimum Gasteiger partial charge on any atom is -0.297 e. The van der Waals surface area contributed by atoms with Crippen molar-refractivity contribution in [3.8, 4) is 0 Å². The van der Waals surface area contributed by atoms with E-state index in [4.69, 9.17) is 0 Å². The fourth-order valence-electron chi connectivity index (χ4n) is 0.967. The zero-order valence-corrected chi connectivity index (χ0v) is 11.5. The van der Waals surface area contributed by atoms with Crippen molar-refractivity contribution in [2.75, 3.05) is 0 Å². The van der Waals surface area contributed by atoms with Gasteiger partial charge in [-0.2, -0.15) is 4.39 Å². The van der Waals surface area contributed by atoms with Crippen molar-refractivity contribution >= 4 is 24.8 Å². The maximum Gasteiger partial charge on any atom is 0.196 e. The van der Waals surface area contributed by atoms with Crippen molar-refractivity contribution in [1.82, 2.24) is 4.98 Å². The molecule has 84 valence electrons. The Hall–Kier alpha value is -0.553. The molecule has 0 fully saturated rings. The molecule has 1 aromatic rings. The van der Waals surface area contributed by atoms with Crippen LogP contribution >= 0.6 is 11.3 Å². The molecule has 1 heterocycles. The Balaban J connectivity index is 3.05. The first-order valence-corrected chi connectivity index (χ1v) is 8.64. The third kappa shape index (κ3) is 2.34. The molecule has 0 saturated carbocycles. The van der Waals surface area contributed by atoms with Gasteiger partial charge < -0.3 is 0 Å². The summed E-state index contributed by atoms with van der Waals surface area (Å²) in [5, 5.41) is -0.0632. The second-order valence-corrected chi connectivity index (χ2v) is 11.4. The molecule has 0 saturated heterocycles. The largest absolute Gasteiger partial charge is 0.297 e. The highest BCUT2D eigenvalue weighted by atomic mass is 32.1. The molecule has 5 heteroatoms. The summed E-state index contributed by atoms with van der Waals surface area (Å²) in [5.74, 6) is 0. The Kier molecular flexibility index (Phi) is 3.16. The van der Waals surface area contributed by atoms with Crippen LogP contribution in [0.25, 0.3) is 0 Å². The standard InChI is InChI=1S/C10H16FNOSSi/c1-10(2,3)15(4,5)9(13)8-12-6-7(11)14-8/h6H,1-5H3. The SMILES string of the molecule is CC(C)(C)[Si](C)(C)C(=O)c1ncc(F)s1. The summed E-state index contributed by atoms with van der Waals surface area (Å²) < 4.78 is 12.8. The molecule has 0 aliphatic rings. The topological polar surface area (TPSA) is 30.0 Å². The summed E-state index contributed by atoms with van der Waals surface area (Å²) in [4.78, 5) is 16.0. The van der Waals surface area contributed by atoms with Crippen molar-refractivity contribution < 1.29 is 9.18 Å². The third-order valence-electron chi connectivity index (χ3n) is 3.11. The molecule has 0 radical (unpaired) electrons. The molecular weight excluding hydrogens is 229 g/mol. The molecule has 0 aromatic carbocycles. The summed E-state index contributed by atoms with van der Waals surface area (Å²) in [6, 6.07) is 0. The van der Waals surface area contributed by atoms with Crippen LogP contribution in [0, 0.1) is 5.13 Å². The third-order valence-corrected chi connectivity index (χ3v) is 9.20. The van der Waals surface area contributed by atoms with Gasteiger partial charge in [-0.25, -0.2) is 4.98 Å². The van der Waals surface area contributed by atoms with Gasteiger partial charge in [-0.05, 0) is 5.04 Å². The van der Waals surface area contributed by atoms with Gasteiger partial charge in [0.1, 0.15) is 8.07 Å². The van der Waals surface area contributed by atoms with Crippen molar-refractivity contribution in [3.05, 3.63) is 16.3 Å². The smallest absolute Gasteiger partial charge is 0.196 e. The number of carbonyl (C=O) groups is 1. The number of thiazole rings is 1. The van der Waals surface area contributed by atoms with E-state index in [2.05, 4.69) is 25.8 Å². The summed E-state index contributed by atoms with van der Waals surface area (Å²) in [5.41, 5.74) is 0. The van der Waals surface area contributed by atoms with Crippen LogP contribution < -0.4 is 0 Å². The van der Waals surface area contributed by atoms with Gasteiger partial charge in [-0.15, -0.1) is 0 Å². The van der Waals surface area contributed by atoms with Gasteiger partial charge in [0.2, 0.25) is 0 Å². The van der Waals surface area contributed by atoms with E-state index in [1.807, 2.05) is 13.1 Å². The number of carbonyl (C=O) groups excluding carboxylic acids is 1. The van der Waals surface area contributed by atoms with E-state index >= 15 is 0 Å². The molecule has 0 spiro atoms. The van der Waals surface area contributed by atoms with Crippen molar-refractivity contribution in [3.63, 3.8) is 0 Å². The number of hydrogen-bond acceptors (Lipinski definition) is 3. The van der Waals surface area contributed by atoms with Crippen molar-refractivity contribution in [2.24, 2.45) is 0 Å². The molecule has 0 N–H and O–H groups in total. The van der Waals surface area contributed by atoms with Gasteiger partial charge in [0.05, 0.1) is 6.20 Å². The first-order valence-electron chi connectivity index (χ1n) is 4.82. The Bertz CT molecular complexity index is 381. The summed E-state index contributed by atoms with van der Waals surface area (Å²) in [7, 11) is -2.09. The molecule has 0 unspecified atom stereocenters. The molecule has 1 rings (SSSR count). The average Bonchev–Trinajstić information content (AvgIpc) is 2.48. The van der Waals surface area contributed by atoms with E-state index in [0.717, 1.165) is 17.5 Å². The monoisotopic (exact) mass is 245 g/mol. The molecule has 15 heavy (non-hydrogen) atoms.